The SMILES string of the molecule is C=CCN(CC=C)c1ccncc1.Cl. The first kappa shape index (κ1) is 12.7. The van der Waals surface area contributed by atoms with Crippen molar-refractivity contribution in [1.29, 1.82) is 0 Å². The van der Waals surface area contributed by atoms with Crippen LogP contribution in [0.4, 0.5) is 5.69 Å². The summed E-state index contributed by atoms with van der Waals surface area (Å²) in [5.74, 6) is 0. The van der Waals surface area contributed by atoms with Gasteiger partial charge in [-0.25, -0.2) is 0 Å². The lowest BCUT2D eigenvalue weighted by molar-refractivity contribution is 0.954. The average molecular weight is 211 g/mol. The molecule has 0 aliphatic rings. The molecule has 1 rings (SSSR count). The van der Waals surface area contributed by atoms with E-state index in [1.165, 1.54) is 0 Å². The predicted octanol–water partition coefficient (Wildman–Crippen LogP) is 2.68. The third kappa shape index (κ3) is 3.62. The van der Waals surface area contributed by atoms with E-state index in [1.54, 1.807) is 12.4 Å². The molecule has 3 heteroatoms. The van der Waals surface area contributed by atoms with E-state index >= 15 is 0 Å². The van der Waals surface area contributed by atoms with E-state index in [1.807, 2.05) is 24.3 Å². The van der Waals surface area contributed by atoms with Gasteiger partial charge in [-0.05, 0) is 12.1 Å². The van der Waals surface area contributed by atoms with Gasteiger partial charge in [0, 0.05) is 31.2 Å². The molecule has 1 aromatic rings. The summed E-state index contributed by atoms with van der Waals surface area (Å²) in [6, 6.07) is 3.96. The molecule has 0 amide bonds. The summed E-state index contributed by atoms with van der Waals surface area (Å²) in [7, 11) is 0. The Morgan fingerprint density at radius 3 is 2.07 bits per heavy atom. The molecule has 0 unspecified atom stereocenters. The number of pyridine rings is 1. The molecule has 0 radical (unpaired) electrons. The number of hydrogen-bond acceptors (Lipinski definition) is 2. The zero-order valence-electron chi connectivity index (χ0n) is 8.10. The summed E-state index contributed by atoms with van der Waals surface area (Å²) in [6.45, 7) is 9.09. The second-order valence-corrected chi connectivity index (χ2v) is 2.69. The van der Waals surface area contributed by atoms with Crippen molar-refractivity contribution in [3.05, 3.63) is 49.8 Å². The van der Waals surface area contributed by atoms with Gasteiger partial charge in [0.15, 0.2) is 0 Å². The average Bonchev–Trinajstić information content (AvgIpc) is 2.19. The zero-order valence-corrected chi connectivity index (χ0v) is 8.91. The van der Waals surface area contributed by atoms with Crippen molar-refractivity contribution in [1.82, 2.24) is 4.98 Å². The van der Waals surface area contributed by atoms with Gasteiger partial charge in [0.1, 0.15) is 0 Å². The van der Waals surface area contributed by atoms with E-state index < -0.39 is 0 Å². The predicted molar refractivity (Wildman–Crippen MR) is 64.1 cm³/mol. The van der Waals surface area contributed by atoms with Crippen molar-refractivity contribution < 1.29 is 0 Å². The second-order valence-electron chi connectivity index (χ2n) is 2.69. The third-order valence-corrected chi connectivity index (χ3v) is 1.73. The highest BCUT2D eigenvalue weighted by Gasteiger charge is 2.00. The van der Waals surface area contributed by atoms with Gasteiger partial charge in [-0.2, -0.15) is 0 Å². The van der Waals surface area contributed by atoms with Crippen LogP contribution in [0.3, 0.4) is 0 Å². The zero-order chi connectivity index (χ0) is 9.52. The molecular weight excluding hydrogens is 196 g/mol. The highest BCUT2D eigenvalue weighted by molar-refractivity contribution is 5.85. The van der Waals surface area contributed by atoms with Crippen molar-refractivity contribution in [2.24, 2.45) is 0 Å². The van der Waals surface area contributed by atoms with Gasteiger partial charge in [0.2, 0.25) is 0 Å². The quantitative estimate of drug-likeness (QED) is 0.695. The Bertz CT molecular complexity index is 262. The molecular formula is C11H15ClN2. The van der Waals surface area contributed by atoms with Gasteiger partial charge in [-0.1, -0.05) is 12.2 Å². The summed E-state index contributed by atoms with van der Waals surface area (Å²) in [5, 5.41) is 0. The van der Waals surface area contributed by atoms with Crippen LogP contribution in [0.25, 0.3) is 0 Å². The molecule has 0 saturated heterocycles. The molecule has 14 heavy (non-hydrogen) atoms. The van der Waals surface area contributed by atoms with Crippen LogP contribution in [0.1, 0.15) is 0 Å². The van der Waals surface area contributed by atoms with Crippen LogP contribution < -0.4 is 4.90 Å². The normalized spacial score (nSPS) is 8.57. The summed E-state index contributed by atoms with van der Waals surface area (Å²) in [6.07, 6.45) is 7.33. The summed E-state index contributed by atoms with van der Waals surface area (Å²) < 4.78 is 0. The Morgan fingerprint density at radius 1 is 1.14 bits per heavy atom. The van der Waals surface area contributed by atoms with Crippen LogP contribution in [-0.2, 0) is 0 Å². The lowest BCUT2D eigenvalue weighted by atomic mass is 10.3. The van der Waals surface area contributed by atoms with Crippen LogP contribution in [0.2, 0.25) is 0 Å². The van der Waals surface area contributed by atoms with Crippen molar-refractivity contribution >= 4 is 18.1 Å². The number of nitrogens with zero attached hydrogens (tertiary/aromatic N) is 2. The maximum absolute atomic E-state index is 3.97. The maximum Gasteiger partial charge on any atom is 0.0402 e. The molecule has 0 aromatic carbocycles. The van der Waals surface area contributed by atoms with E-state index in [-0.39, 0.29) is 12.4 Å². The fraction of sp³-hybridized carbons (Fsp3) is 0.182. The van der Waals surface area contributed by atoms with Crippen LogP contribution in [-0.4, -0.2) is 18.1 Å². The molecule has 2 nitrogen and oxygen atoms in total. The third-order valence-electron chi connectivity index (χ3n) is 1.73. The Labute approximate surface area is 91.4 Å². The summed E-state index contributed by atoms with van der Waals surface area (Å²) in [5.41, 5.74) is 1.15. The summed E-state index contributed by atoms with van der Waals surface area (Å²) >= 11 is 0. The fourth-order valence-corrected chi connectivity index (χ4v) is 1.15. The molecule has 0 saturated carbocycles. The topological polar surface area (TPSA) is 16.1 Å². The maximum atomic E-state index is 3.97. The second kappa shape index (κ2) is 7.15. The van der Waals surface area contributed by atoms with E-state index in [0.717, 1.165) is 18.8 Å². The Morgan fingerprint density at radius 2 is 1.64 bits per heavy atom. The van der Waals surface area contributed by atoms with Crippen LogP contribution in [0, 0.1) is 0 Å². The van der Waals surface area contributed by atoms with E-state index in [4.69, 9.17) is 0 Å². The smallest absolute Gasteiger partial charge is 0.0402 e. The molecule has 1 aromatic heterocycles. The Balaban J connectivity index is 0.00000169. The van der Waals surface area contributed by atoms with Gasteiger partial charge < -0.3 is 4.90 Å². The van der Waals surface area contributed by atoms with Gasteiger partial charge in [-0.3, -0.25) is 4.98 Å². The molecule has 0 aliphatic carbocycles. The van der Waals surface area contributed by atoms with E-state index in [2.05, 4.69) is 23.0 Å². The first-order valence-corrected chi connectivity index (χ1v) is 4.25. The lowest BCUT2D eigenvalue weighted by Gasteiger charge is -2.20. The first-order chi connectivity index (χ1) is 6.38. The minimum Gasteiger partial charge on any atom is -0.364 e. The van der Waals surface area contributed by atoms with Crippen LogP contribution in [0.15, 0.2) is 49.8 Å². The van der Waals surface area contributed by atoms with Crippen molar-refractivity contribution in [3.63, 3.8) is 0 Å². The highest BCUT2D eigenvalue weighted by atomic mass is 35.5. The van der Waals surface area contributed by atoms with Crippen molar-refractivity contribution in [3.8, 4) is 0 Å². The van der Waals surface area contributed by atoms with Gasteiger partial charge >= 0.3 is 0 Å². The van der Waals surface area contributed by atoms with Crippen LogP contribution in [0.5, 0.6) is 0 Å². The number of rotatable bonds is 5. The van der Waals surface area contributed by atoms with E-state index in [9.17, 15) is 0 Å². The van der Waals surface area contributed by atoms with Gasteiger partial charge in [0.25, 0.3) is 0 Å². The molecule has 1 heterocycles. The first-order valence-electron chi connectivity index (χ1n) is 4.25. The fourth-order valence-electron chi connectivity index (χ4n) is 1.15. The lowest BCUT2D eigenvalue weighted by Crippen LogP contribution is -2.22. The largest absolute Gasteiger partial charge is 0.364 e. The molecule has 0 atom stereocenters. The Kier molecular flexibility index (Phi) is 6.50. The van der Waals surface area contributed by atoms with Gasteiger partial charge in [-0.15, -0.1) is 25.6 Å². The van der Waals surface area contributed by atoms with E-state index in [0.29, 0.717) is 0 Å². The van der Waals surface area contributed by atoms with Gasteiger partial charge in [0.05, 0.1) is 0 Å². The standard InChI is InChI=1S/C11H14N2.ClH/c1-3-9-13(10-4-2)11-5-7-12-8-6-11;/h3-8H,1-2,9-10H2;1H. The molecule has 0 fully saturated rings. The number of anilines is 1. The van der Waals surface area contributed by atoms with Crippen molar-refractivity contribution in [2.45, 2.75) is 0 Å². The number of halogens is 1. The molecule has 0 aliphatic heterocycles. The number of aromatic nitrogens is 1. The Hall–Kier alpha value is -1.28. The van der Waals surface area contributed by atoms with Crippen molar-refractivity contribution in [2.75, 3.05) is 18.0 Å². The molecule has 76 valence electrons. The molecule has 0 N–H and O–H groups in total. The summed E-state index contributed by atoms with van der Waals surface area (Å²) in [4.78, 5) is 6.14. The minimum atomic E-state index is 0. The number of hydrogen-bond donors (Lipinski definition) is 0. The molecule has 0 spiro atoms. The van der Waals surface area contributed by atoms with Crippen LogP contribution >= 0.6 is 12.4 Å². The molecule has 0 bridgehead atoms. The highest BCUT2D eigenvalue weighted by Crippen LogP contribution is 2.11. The minimum absolute atomic E-state index is 0. The monoisotopic (exact) mass is 210 g/mol.